The summed E-state index contributed by atoms with van der Waals surface area (Å²) in [5.41, 5.74) is 6.68. The molecule has 74 valence electrons. The van der Waals surface area contributed by atoms with E-state index in [0.29, 0.717) is 6.61 Å². The van der Waals surface area contributed by atoms with Crippen LogP contribution in [-0.4, -0.2) is 13.2 Å². The monoisotopic (exact) mass is 189 g/mol. The maximum atomic E-state index is 5.44. The predicted octanol–water partition coefficient (Wildman–Crippen LogP) is 1.59. The Hall–Kier alpha value is -1.46. The second-order valence-electron chi connectivity index (χ2n) is 3.03. The van der Waals surface area contributed by atoms with Gasteiger partial charge in [-0.2, -0.15) is 0 Å². The molecular formula is C12H15NO. The van der Waals surface area contributed by atoms with Gasteiger partial charge >= 0.3 is 0 Å². The summed E-state index contributed by atoms with van der Waals surface area (Å²) in [6.07, 6.45) is 7.09. The summed E-state index contributed by atoms with van der Waals surface area (Å²) in [6, 6.07) is 7.95. The molecule has 0 heterocycles. The summed E-state index contributed by atoms with van der Waals surface area (Å²) in [4.78, 5) is 0. The van der Waals surface area contributed by atoms with Crippen LogP contribution in [0.25, 0.3) is 0 Å². The summed E-state index contributed by atoms with van der Waals surface area (Å²) in [5, 5.41) is 0. The highest BCUT2D eigenvalue weighted by atomic mass is 16.5. The van der Waals surface area contributed by atoms with Crippen molar-refractivity contribution in [2.75, 3.05) is 13.2 Å². The van der Waals surface area contributed by atoms with Crippen molar-refractivity contribution in [1.82, 2.24) is 0 Å². The molecule has 0 aromatic heterocycles. The minimum atomic E-state index is 0.320. The van der Waals surface area contributed by atoms with Crippen LogP contribution in [0.4, 0.5) is 0 Å². The molecule has 2 nitrogen and oxygen atoms in total. The minimum Gasteiger partial charge on any atom is -0.481 e. The molecular weight excluding hydrogens is 174 g/mol. The van der Waals surface area contributed by atoms with Crippen molar-refractivity contribution in [2.45, 2.75) is 12.8 Å². The highest BCUT2D eigenvalue weighted by Gasteiger charge is 1.95. The Bertz CT molecular complexity index is 314. The molecule has 0 spiro atoms. The van der Waals surface area contributed by atoms with E-state index in [2.05, 4.69) is 12.0 Å². The Labute approximate surface area is 85.1 Å². The van der Waals surface area contributed by atoms with Gasteiger partial charge in [0, 0.05) is 0 Å². The molecule has 0 bridgehead atoms. The zero-order valence-corrected chi connectivity index (χ0v) is 8.20. The van der Waals surface area contributed by atoms with Gasteiger partial charge in [-0.15, -0.1) is 6.42 Å². The molecule has 1 aromatic rings. The van der Waals surface area contributed by atoms with E-state index in [4.69, 9.17) is 16.9 Å². The predicted molar refractivity (Wildman–Crippen MR) is 58.1 cm³/mol. The van der Waals surface area contributed by atoms with Crippen LogP contribution in [0.5, 0.6) is 5.75 Å². The molecule has 0 amide bonds. The molecule has 14 heavy (non-hydrogen) atoms. The molecule has 0 atom stereocenters. The van der Waals surface area contributed by atoms with Crippen molar-refractivity contribution in [1.29, 1.82) is 0 Å². The van der Waals surface area contributed by atoms with Gasteiger partial charge in [0.1, 0.15) is 12.4 Å². The number of rotatable bonds is 5. The molecule has 0 aliphatic rings. The highest BCUT2D eigenvalue weighted by Crippen LogP contribution is 2.14. The summed E-state index contributed by atoms with van der Waals surface area (Å²) >= 11 is 0. The molecule has 0 fully saturated rings. The molecule has 0 aliphatic carbocycles. The molecule has 0 aliphatic heterocycles. The van der Waals surface area contributed by atoms with Gasteiger partial charge in [-0.05, 0) is 37.1 Å². The second kappa shape index (κ2) is 6.06. The zero-order valence-electron chi connectivity index (χ0n) is 8.20. The quantitative estimate of drug-likeness (QED) is 0.714. The van der Waals surface area contributed by atoms with Gasteiger partial charge in [-0.3, -0.25) is 0 Å². The molecule has 0 saturated carbocycles. The van der Waals surface area contributed by atoms with E-state index in [0.717, 1.165) is 25.1 Å². The smallest absolute Gasteiger partial charge is 0.148 e. The van der Waals surface area contributed by atoms with Crippen molar-refractivity contribution >= 4 is 0 Å². The van der Waals surface area contributed by atoms with Crippen molar-refractivity contribution in [3.8, 4) is 18.1 Å². The van der Waals surface area contributed by atoms with Crippen LogP contribution >= 0.6 is 0 Å². The molecule has 2 N–H and O–H groups in total. The lowest BCUT2D eigenvalue weighted by Crippen LogP contribution is -2.00. The van der Waals surface area contributed by atoms with Crippen LogP contribution in [0.3, 0.4) is 0 Å². The van der Waals surface area contributed by atoms with Crippen LogP contribution in [0, 0.1) is 12.3 Å². The maximum Gasteiger partial charge on any atom is 0.148 e. The van der Waals surface area contributed by atoms with Crippen molar-refractivity contribution in [3.63, 3.8) is 0 Å². The van der Waals surface area contributed by atoms with E-state index >= 15 is 0 Å². The van der Waals surface area contributed by atoms with Crippen LogP contribution in [0.1, 0.15) is 12.0 Å². The number of nitrogens with two attached hydrogens (primary N) is 1. The molecule has 1 rings (SSSR count). The van der Waals surface area contributed by atoms with Gasteiger partial charge in [0.25, 0.3) is 0 Å². The van der Waals surface area contributed by atoms with E-state index < -0.39 is 0 Å². The number of benzene rings is 1. The van der Waals surface area contributed by atoms with Crippen molar-refractivity contribution in [2.24, 2.45) is 5.73 Å². The zero-order chi connectivity index (χ0) is 10.2. The summed E-state index contributed by atoms with van der Waals surface area (Å²) < 4.78 is 5.31. The van der Waals surface area contributed by atoms with Crippen LogP contribution in [0.2, 0.25) is 0 Å². The fourth-order valence-electron chi connectivity index (χ4n) is 1.22. The molecule has 2 heteroatoms. The summed E-state index contributed by atoms with van der Waals surface area (Å²) in [7, 11) is 0. The van der Waals surface area contributed by atoms with Gasteiger partial charge in [0.05, 0.1) is 0 Å². The first-order valence-electron chi connectivity index (χ1n) is 4.72. The van der Waals surface area contributed by atoms with E-state index in [1.165, 1.54) is 5.56 Å². The largest absolute Gasteiger partial charge is 0.481 e. The van der Waals surface area contributed by atoms with Crippen molar-refractivity contribution in [3.05, 3.63) is 29.8 Å². The van der Waals surface area contributed by atoms with E-state index in [-0.39, 0.29) is 0 Å². The molecule has 0 saturated heterocycles. The second-order valence-corrected chi connectivity index (χ2v) is 3.03. The fraction of sp³-hybridized carbons (Fsp3) is 0.333. The van der Waals surface area contributed by atoms with E-state index in [9.17, 15) is 0 Å². The lowest BCUT2D eigenvalue weighted by molar-refractivity contribution is 0.370. The molecule has 0 radical (unpaired) electrons. The Balaban J connectivity index is 2.55. The van der Waals surface area contributed by atoms with Gasteiger partial charge < -0.3 is 10.5 Å². The molecule has 0 unspecified atom stereocenters. The van der Waals surface area contributed by atoms with Crippen molar-refractivity contribution < 1.29 is 4.74 Å². The number of hydrogen-bond acceptors (Lipinski definition) is 2. The van der Waals surface area contributed by atoms with Gasteiger partial charge in [-0.25, -0.2) is 0 Å². The third-order valence-electron chi connectivity index (χ3n) is 1.89. The number of ether oxygens (including phenoxy) is 1. The number of hydrogen-bond donors (Lipinski definition) is 1. The molecule has 1 aromatic carbocycles. The van der Waals surface area contributed by atoms with Gasteiger partial charge in [0.15, 0.2) is 0 Å². The Morgan fingerprint density at radius 2 is 2.29 bits per heavy atom. The van der Waals surface area contributed by atoms with E-state index in [1.807, 2.05) is 18.2 Å². The average Bonchev–Trinajstić information content (AvgIpc) is 2.24. The first-order chi connectivity index (χ1) is 6.86. The van der Waals surface area contributed by atoms with Crippen LogP contribution in [-0.2, 0) is 6.42 Å². The topological polar surface area (TPSA) is 35.2 Å². The minimum absolute atomic E-state index is 0.320. The number of terminal acetylenes is 1. The lowest BCUT2D eigenvalue weighted by atomic mass is 10.1. The van der Waals surface area contributed by atoms with Crippen LogP contribution < -0.4 is 10.5 Å². The standard InChI is InChI=1S/C12H15NO/c1-2-9-14-12-7-3-5-11(10-12)6-4-8-13/h1,3,5,7,10H,4,6,8-9,13H2. The van der Waals surface area contributed by atoms with E-state index in [1.54, 1.807) is 0 Å². The number of aryl methyl sites for hydroxylation is 1. The first-order valence-corrected chi connectivity index (χ1v) is 4.72. The lowest BCUT2D eigenvalue weighted by Gasteiger charge is -2.04. The Kier molecular flexibility index (Phi) is 4.60. The van der Waals surface area contributed by atoms with Crippen LogP contribution in [0.15, 0.2) is 24.3 Å². The normalized spacial score (nSPS) is 9.43. The first kappa shape index (κ1) is 10.6. The highest BCUT2D eigenvalue weighted by molar-refractivity contribution is 5.28. The van der Waals surface area contributed by atoms with Gasteiger partial charge in [-0.1, -0.05) is 18.1 Å². The van der Waals surface area contributed by atoms with Gasteiger partial charge in [0.2, 0.25) is 0 Å². The summed E-state index contributed by atoms with van der Waals surface area (Å²) in [6.45, 7) is 1.04. The maximum absolute atomic E-state index is 5.44. The summed E-state index contributed by atoms with van der Waals surface area (Å²) in [5.74, 6) is 3.27. The fourth-order valence-corrected chi connectivity index (χ4v) is 1.22. The average molecular weight is 189 g/mol. The Morgan fingerprint density at radius 1 is 1.43 bits per heavy atom. The Morgan fingerprint density at radius 3 is 3.00 bits per heavy atom. The SMILES string of the molecule is C#CCOc1cccc(CCCN)c1. The third kappa shape index (κ3) is 3.51. The third-order valence-corrected chi connectivity index (χ3v) is 1.89.